The zero-order valence-corrected chi connectivity index (χ0v) is 12.1. The molecule has 0 aliphatic carbocycles. The molecule has 5 heteroatoms. The molecule has 0 fully saturated rings. The molecule has 1 N–H and O–H groups in total. The molecule has 1 atom stereocenters. The van der Waals surface area contributed by atoms with E-state index in [1.807, 2.05) is 20.8 Å². The molecule has 4 nitrogen and oxygen atoms in total. The molecule has 0 aromatic heterocycles. The van der Waals surface area contributed by atoms with E-state index in [0.29, 0.717) is 0 Å². The zero-order valence-electron chi connectivity index (χ0n) is 12.1. The lowest BCUT2D eigenvalue weighted by atomic mass is 9.88. The van der Waals surface area contributed by atoms with Crippen molar-refractivity contribution in [2.24, 2.45) is 5.41 Å². The Hall–Kier alpha value is -0.970. The zero-order chi connectivity index (χ0) is 14.6. The van der Waals surface area contributed by atoms with Crippen molar-refractivity contribution in [3.05, 3.63) is 0 Å². The second-order valence-corrected chi connectivity index (χ2v) is 6.29. The minimum absolute atomic E-state index is 0.139. The second-order valence-electron chi connectivity index (χ2n) is 6.29. The predicted octanol–water partition coefficient (Wildman–Crippen LogP) is 1.87. The average Bonchev–Trinajstić information content (AvgIpc) is 2.19. The van der Waals surface area contributed by atoms with E-state index >= 15 is 0 Å². The van der Waals surface area contributed by atoms with Crippen LogP contribution in [-0.4, -0.2) is 36.6 Å². The van der Waals surface area contributed by atoms with Crippen LogP contribution < -0.4 is 5.32 Å². The molecule has 18 heavy (non-hydrogen) atoms. The standard InChI is InChI=1S/C13H24FNO3/c1-12(2,3)11(17)9(14)7-15-10(16)8-18-13(4,5)6/h9H,7-8H2,1-6H3,(H,15,16)/t9-/m1/s1. The number of carbonyl (C=O) groups is 2. The van der Waals surface area contributed by atoms with Gasteiger partial charge >= 0.3 is 0 Å². The summed E-state index contributed by atoms with van der Waals surface area (Å²) in [7, 11) is 0. The Kier molecular flexibility index (Phi) is 5.93. The van der Waals surface area contributed by atoms with Gasteiger partial charge in [-0.1, -0.05) is 20.8 Å². The minimum atomic E-state index is -1.68. The fourth-order valence-electron chi connectivity index (χ4n) is 1.10. The van der Waals surface area contributed by atoms with Crippen molar-refractivity contribution in [2.45, 2.75) is 53.3 Å². The first-order valence-electron chi connectivity index (χ1n) is 6.02. The molecule has 0 saturated carbocycles. The lowest BCUT2D eigenvalue weighted by Crippen LogP contribution is -2.41. The SMILES string of the molecule is CC(C)(C)OCC(=O)NC[C@@H](F)C(=O)C(C)(C)C. The minimum Gasteiger partial charge on any atom is -0.366 e. The lowest BCUT2D eigenvalue weighted by Gasteiger charge is -2.21. The predicted molar refractivity (Wildman–Crippen MR) is 68.1 cm³/mol. The third kappa shape index (κ3) is 7.37. The van der Waals surface area contributed by atoms with Gasteiger partial charge in [-0.15, -0.1) is 0 Å². The van der Waals surface area contributed by atoms with E-state index in [-0.39, 0.29) is 13.2 Å². The fourth-order valence-corrected chi connectivity index (χ4v) is 1.10. The van der Waals surface area contributed by atoms with Crippen LogP contribution in [0, 0.1) is 5.41 Å². The number of halogens is 1. The quantitative estimate of drug-likeness (QED) is 0.822. The maximum atomic E-state index is 13.5. The van der Waals surface area contributed by atoms with Gasteiger partial charge in [0.25, 0.3) is 0 Å². The molecule has 0 spiro atoms. The van der Waals surface area contributed by atoms with E-state index in [4.69, 9.17) is 4.74 Å². The fraction of sp³-hybridized carbons (Fsp3) is 0.846. The highest BCUT2D eigenvalue weighted by atomic mass is 19.1. The van der Waals surface area contributed by atoms with Gasteiger partial charge < -0.3 is 10.1 Å². The number of nitrogens with one attached hydrogen (secondary N) is 1. The molecular weight excluding hydrogens is 237 g/mol. The van der Waals surface area contributed by atoms with Crippen LogP contribution in [-0.2, 0) is 14.3 Å². The van der Waals surface area contributed by atoms with E-state index in [9.17, 15) is 14.0 Å². The van der Waals surface area contributed by atoms with Crippen molar-refractivity contribution in [1.29, 1.82) is 0 Å². The summed E-state index contributed by atoms with van der Waals surface area (Å²) in [6.07, 6.45) is -1.68. The Morgan fingerprint density at radius 3 is 2.06 bits per heavy atom. The van der Waals surface area contributed by atoms with E-state index in [1.54, 1.807) is 20.8 Å². The molecule has 0 aliphatic rings. The number of ketones is 1. The lowest BCUT2D eigenvalue weighted by molar-refractivity contribution is -0.133. The molecule has 0 rings (SSSR count). The van der Waals surface area contributed by atoms with Gasteiger partial charge in [-0.2, -0.15) is 0 Å². The van der Waals surface area contributed by atoms with E-state index in [1.165, 1.54) is 0 Å². The molecule has 0 aliphatic heterocycles. The van der Waals surface area contributed by atoms with E-state index < -0.39 is 28.9 Å². The molecule has 0 radical (unpaired) electrons. The first-order chi connectivity index (χ1) is 7.93. The van der Waals surface area contributed by atoms with Gasteiger partial charge in [0, 0.05) is 5.41 Å². The third-order valence-corrected chi connectivity index (χ3v) is 2.14. The summed E-state index contributed by atoms with van der Waals surface area (Å²) in [5, 5.41) is 2.35. The van der Waals surface area contributed by atoms with Crippen molar-refractivity contribution < 1.29 is 18.7 Å². The normalized spacial score (nSPS) is 14.2. The third-order valence-electron chi connectivity index (χ3n) is 2.14. The Morgan fingerprint density at radius 1 is 1.17 bits per heavy atom. The number of hydrogen-bond acceptors (Lipinski definition) is 3. The molecule has 0 unspecified atom stereocenters. The van der Waals surface area contributed by atoms with Crippen LogP contribution in [0.5, 0.6) is 0 Å². The Labute approximate surface area is 108 Å². The maximum absolute atomic E-state index is 13.5. The number of carbonyl (C=O) groups excluding carboxylic acids is 2. The van der Waals surface area contributed by atoms with Gasteiger partial charge in [0.05, 0.1) is 12.1 Å². The van der Waals surface area contributed by atoms with Crippen LogP contribution in [0.1, 0.15) is 41.5 Å². The van der Waals surface area contributed by atoms with Crippen molar-refractivity contribution in [3.63, 3.8) is 0 Å². The molecular formula is C13H24FNO3. The van der Waals surface area contributed by atoms with Crippen LogP contribution in [0.2, 0.25) is 0 Å². The van der Waals surface area contributed by atoms with Gasteiger partial charge in [-0.25, -0.2) is 4.39 Å². The molecule has 106 valence electrons. The van der Waals surface area contributed by atoms with Crippen LogP contribution >= 0.6 is 0 Å². The smallest absolute Gasteiger partial charge is 0.246 e. The van der Waals surface area contributed by atoms with Crippen molar-refractivity contribution >= 4 is 11.7 Å². The maximum Gasteiger partial charge on any atom is 0.246 e. The number of Topliss-reactive ketones (excluding diaryl/α,β-unsaturated/α-hetero) is 1. The number of rotatable bonds is 5. The van der Waals surface area contributed by atoms with Gasteiger partial charge in [-0.05, 0) is 20.8 Å². The molecule has 0 aromatic rings. The second kappa shape index (κ2) is 6.27. The van der Waals surface area contributed by atoms with Gasteiger partial charge in [0.2, 0.25) is 5.91 Å². The Bertz CT molecular complexity index is 302. The summed E-state index contributed by atoms with van der Waals surface area (Å²) < 4.78 is 18.8. The van der Waals surface area contributed by atoms with Crippen LogP contribution in [0.15, 0.2) is 0 Å². The van der Waals surface area contributed by atoms with Gasteiger partial charge in [0.1, 0.15) is 6.61 Å². The summed E-state index contributed by atoms with van der Waals surface area (Å²) in [6.45, 7) is 9.96. The number of ether oxygens (including phenoxy) is 1. The van der Waals surface area contributed by atoms with Crippen LogP contribution in [0.25, 0.3) is 0 Å². The summed E-state index contributed by atoms with van der Waals surface area (Å²) in [5.74, 6) is -0.936. The monoisotopic (exact) mass is 261 g/mol. The topological polar surface area (TPSA) is 55.4 Å². The van der Waals surface area contributed by atoms with Crippen molar-refractivity contribution in [3.8, 4) is 0 Å². The van der Waals surface area contributed by atoms with Crippen molar-refractivity contribution in [2.75, 3.05) is 13.2 Å². The van der Waals surface area contributed by atoms with Gasteiger partial charge in [-0.3, -0.25) is 9.59 Å². The molecule has 0 saturated heterocycles. The highest BCUT2D eigenvalue weighted by Crippen LogP contribution is 2.18. The van der Waals surface area contributed by atoms with Gasteiger partial charge in [0.15, 0.2) is 12.0 Å². The van der Waals surface area contributed by atoms with Crippen molar-refractivity contribution in [1.82, 2.24) is 5.32 Å². The molecule has 0 heterocycles. The molecule has 0 aromatic carbocycles. The number of alkyl halides is 1. The molecule has 1 amide bonds. The Morgan fingerprint density at radius 2 is 1.67 bits per heavy atom. The molecule has 0 bridgehead atoms. The largest absolute Gasteiger partial charge is 0.366 e. The summed E-state index contributed by atoms with van der Waals surface area (Å²) in [4.78, 5) is 22.9. The highest BCUT2D eigenvalue weighted by molar-refractivity contribution is 5.88. The van der Waals surface area contributed by atoms with Crippen LogP contribution in [0.3, 0.4) is 0 Å². The van der Waals surface area contributed by atoms with E-state index in [2.05, 4.69) is 5.32 Å². The summed E-state index contributed by atoms with van der Waals surface area (Å²) >= 11 is 0. The number of amides is 1. The highest BCUT2D eigenvalue weighted by Gasteiger charge is 2.29. The first-order valence-corrected chi connectivity index (χ1v) is 6.02. The van der Waals surface area contributed by atoms with Crippen LogP contribution in [0.4, 0.5) is 4.39 Å². The average molecular weight is 261 g/mol. The summed E-state index contributed by atoms with van der Waals surface area (Å²) in [5.41, 5.74) is -1.17. The first kappa shape index (κ1) is 17.0. The summed E-state index contributed by atoms with van der Waals surface area (Å²) in [6, 6.07) is 0. The number of hydrogen-bond donors (Lipinski definition) is 1. The Balaban J connectivity index is 4.04. The van der Waals surface area contributed by atoms with E-state index in [0.717, 1.165) is 0 Å².